The Balaban J connectivity index is 1.93. The Hall–Kier alpha value is -0.580. The van der Waals surface area contributed by atoms with Crippen molar-refractivity contribution in [1.82, 2.24) is 10.2 Å². The van der Waals surface area contributed by atoms with Crippen LogP contribution in [0.5, 0.6) is 5.75 Å². The van der Waals surface area contributed by atoms with Gasteiger partial charge in [0.2, 0.25) is 0 Å². The zero-order chi connectivity index (χ0) is 14.3. The van der Waals surface area contributed by atoms with Crippen molar-refractivity contribution in [2.75, 3.05) is 20.6 Å². The summed E-state index contributed by atoms with van der Waals surface area (Å²) in [6, 6.07) is 7.32. The topological polar surface area (TPSA) is 24.5 Å². The third-order valence-corrected chi connectivity index (χ3v) is 5.43. The first-order chi connectivity index (χ1) is 9.53. The minimum atomic E-state index is 0.000429. The first-order valence-corrected chi connectivity index (χ1v) is 8.18. The van der Waals surface area contributed by atoms with E-state index in [2.05, 4.69) is 58.3 Å². The van der Waals surface area contributed by atoms with E-state index in [1.807, 2.05) is 7.05 Å². The fourth-order valence-electron chi connectivity index (χ4n) is 3.57. The number of hydrogen-bond acceptors (Lipinski definition) is 3. The number of likely N-dealkylation sites (tertiary alicyclic amines) is 1. The van der Waals surface area contributed by atoms with Crippen molar-refractivity contribution in [2.24, 2.45) is 0 Å². The van der Waals surface area contributed by atoms with E-state index in [-0.39, 0.29) is 5.60 Å². The van der Waals surface area contributed by atoms with Crippen molar-refractivity contribution in [3.05, 3.63) is 28.2 Å². The Kier molecular flexibility index (Phi) is 3.82. The van der Waals surface area contributed by atoms with Gasteiger partial charge in [-0.15, -0.1) is 0 Å². The summed E-state index contributed by atoms with van der Waals surface area (Å²) in [6.45, 7) is 3.42. The number of piperidine rings is 1. The monoisotopic (exact) mass is 338 g/mol. The highest BCUT2D eigenvalue weighted by Gasteiger charge is 2.44. The Bertz CT molecular complexity index is 507. The molecule has 1 fully saturated rings. The van der Waals surface area contributed by atoms with Crippen LogP contribution >= 0.6 is 15.9 Å². The van der Waals surface area contributed by atoms with Crippen LogP contribution in [0.15, 0.2) is 22.7 Å². The van der Waals surface area contributed by atoms with Gasteiger partial charge < -0.3 is 15.0 Å². The molecule has 3 atom stereocenters. The van der Waals surface area contributed by atoms with E-state index in [9.17, 15) is 0 Å². The molecule has 0 amide bonds. The second kappa shape index (κ2) is 5.32. The Morgan fingerprint density at radius 3 is 2.90 bits per heavy atom. The normalized spacial score (nSPS) is 33.8. The maximum Gasteiger partial charge on any atom is 0.125 e. The van der Waals surface area contributed by atoms with Gasteiger partial charge in [0, 0.05) is 41.5 Å². The van der Waals surface area contributed by atoms with Crippen molar-refractivity contribution in [3.63, 3.8) is 0 Å². The molecular formula is C16H23BrN2O. The van der Waals surface area contributed by atoms with Crippen molar-refractivity contribution >= 4 is 15.9 Å². The number of fused-ring (bicyclic) bond motifs is 1. The molecule has 2 aliphatic heterocycles. The van der Waals surface area contributed by atoms with Gasteiger partial charge in [0.1, 0.15) is 11.4 Å². The van der Waals surface area contributed by atoms with Gasteiger partial charge in [-0.1, -0.05) is 15.9 Å². The van der Waals surface area contributed by atoms with Crippen LogP contribution in [0.4, 0.5) is 0 Å². The lowest BCUT2D eigenvalue weighted by atomic mass is 9.78. The fraction of sp³-hybridized carbons (Fsp3) is 0.625. The van der Waals surface area contributed by atoms with Gasteiger partial charge in [-0.2, -0.15) is 0 Å². The molecule has 1 saturated heterocycles. The minimum Gasteiger partial charge on any atom is -0.487 e. The number of ether oxygens (including phenoxy) is 1. The van der Waals surface area contributed by atoms with E-state index in [1.54, 1.807) is 0 Å². The number of nitrogens with one attached hydrogen (secondary N) is 1. The second-order valence-corrected chi connectivity index (χ2v) is 7.21. The minimum absolute atomic E-state index is 0.000429. The van der Waals surface area contributed by atoms with Crippen molar-refractivity contribution in [1.29, 1.82) is 0 Å². The second-order valence-electron chi connectivity index (χ2n) is 6.30. The molecule has 3 rings (SSSR count). The molecule has 3 nitrogen and oxygen atoms in total. The summed E-state index contributed by atoms with van der Waals surface area (Å²) in [4.78, 5) is 2.43. The van der Waals surface area contributed by atoms with Crippen molar-refractivity contribution < 1.29 is 4.74 Å². The van der Waals surface area contributed by atoms with Gasteiger partial charge in [-0.3, -0.25) is 0 Å². The van der Waals surface area contributed by atoms with Crippen LogP contribution in [0.25, 0.3) is 0 Å². The van der Waals surface area contributed by atoms with Gasteiger partial charge in [0.15, 0.2) is 0 Å². The summed E-state index contributed by atoms with van der Waals surface area (Å²) in [5.74, 6) is 1.05. The molecule has 3 unspecified atom stereocenters. The molecule has 1 N–H and O–H groups in total. The van der Waals surface area contributed by atoms with Crippen LogP contribution < -0.4 is 10.1 Å². The first-order valence-electron chi connectivity index (χ1n) is 7.39. The quantitative estimate of drug-likeness (QED) is 0.849. The number of halogens is 1. The lowest BCUT2D eigenvalue weighted by molar-refractivity contribution is -0.0384. The van der Waals surface area contributed by atoms with E-state index < -0.39 is 0 Å². The SMILES string of the molecule is CNC1CC2(CCN(C)C(C)C2)Oc2ccc(Br)cc21. The average molecular weight is 339 g/mol. The number of rotatable bonds is 1. The predicted molar refractivity (Wildman–Crippen MR) is 85.2 cm³/mol. The van der Waals surface area contributed by atoms with Crippen LogP contribution in [0.2, 0.25) is 0 Å². The van der Waals surface area contributed by atoms with Crippen molar-refractivity contribution in [2.45, 2.75) is 43.9 Å². The molecule has 110 valence electrons. The summed E-state index contributed by atoms with van der Waals surface area (Å²) in [7, 11) is 4.26. The molecule has 20 heavy (non-hydrogen) atoms. The Morgan fingerprint density at radius 2 is 2.20 bits per heavy atom. The van der Waals surface area contributed by atoms with Gasteiger partial charge in [-0.05, 0) is 45.6 Å². The zero-order valence-corrected chi connectivity index (χ0v) is 14.0. The molecular weight excluding hydrogens is 316 g/mol. The van der Waals surface area contributed by atoms with Gasteiger partial charge in [0.25, 0.3) is 0 Å². The van der Waals surface area contributed by atoms with Crippen molar-refractivity contribution in [3.8, 4) is 5.75 Å². The van der Waals surface area contributed by atoms with Gasteiger partial charge >= 0.3 is 0 Å². The molecule has 0 bridgehead atoms. The molecule has 1 spiro atoms. The Labute approximate surface area is 129 Å². The molecule has 4 heteroatoms. The maximum absolute atomic E-state index is 6.48. The summed E-state index contributed by atoms with van der Waals surface area (Å²) in [6.07, 6.45) is 3.28. The standard InChI is InChI=1S/C16H23BrN2O/c1-11-9-16(6-7-19(11)3)10-14(18-2)13-8-12(17)4-5-15(13)20-16/h4-5,8,11,14,18H,6-7,9-10H2,1-3H3. The highest BCUT2D eigenvalue weighted by molar-refractivity contribution is 9.10. The molecule has 0 saturated carbocycles. The average Bonchev–Trinajstić information content (AvgIpc) is 2.43. The van der Waals surface area contributed by atoms with Crippen LogP contribution in [0.1, 0.15) is 37.8 Å². The molecule has 1 aromatic carbocycles. The zero-order valence-electron chi connectivity index (χ0n) is 12.4. The van der Waals surface area contributed by atoms with Gasteiger partial charge in [0.05, 0.1) is 0 Å². The van der Waals surface area contributed by atoms with Crippen LogP contribution in [0, 0.1) is 0 Å². The van der Waals surface area contributed by atoms with Crippen LogP contribution in [0.3, 0.4) is 0 Å². The molecule has 0 aliphatic carbocycles. The van der Waals surface area contributed by atoms with E-state index in [0.29, 0.717) is 12.1 Å². The molecule has 0 aromatic heterocycles. The highest BCUT2D eigenvalue weighted by Crippen LogP contribution is 2.45. The summed E-state index contributed by atoms with van der Waals surface area (Å²) in [5, 5.41) is 3.47. The van der Waals surface area contributed by atoms with E-state index in [0.717, 1.165) is 36.0 Å². The largest absolute Gasteiger partial charge is 0.487 e. The first kappa shape index (κ1) is 14.4. The highest BCUT2D eigenvalue weighted by atomic mass is 79.9. The molecule has 0 radical (unpaired) electrons. The van der Waals surface area contributed by atoms with Gasteiger partial charge in [-0.25, -0.2) is 0 Å². The third-order valence-electron chi connectivity index (χ3n) is 4.94. The molecule has 1 aromatic rings. The number of nitrogens with zero attached hydrogens (tertiary/aromatic N) is 1. The van der Waals surface area contributed by atoms with E-state index in [1.165, 1.54) is 5.56 Å². The maximum atomic E-state index is 6.48. The number of hydrogen-bond donors (Lipinski definition) is 1. The molecule has 2 heterocycles. The fourth-order valence-corrected chi connectivity index (χ4v) is 3.95. The smallest absolute Gasteiger partial charge is 0.125 e. The summed E-state index contributed by atoms with van der Waals surface area (Å²) < 4.78 is 7.60. The lowest BCUT2D eigenvalue weighted by Gasteiger charge is -2.48. The predicted octanol–water partition coefficient (Wildman–Crippen LogP) is 3.35. The third kappa shape index (κ3) is 2.49. The van der Waals surface area contributed by atoms with Crippen LogP contribution in [-0.2, 0) is 0 Å². The van der Waals surface area contributed by atoms with E-state index >= 15 is 0 Å². The summed E-state index contributed by atoms with van der Waals surface area (Å²) in [5.41, 5.74) is 1.28. The number of benzene rings is 1. The summed E-state index contributed by atoms with van der Waals surface area (Å²) >= 11 is 3.56. The van der Waals surface area contributed by atoms with Crippen LogP contribution in [-0.4, -0.2) is 37.2 Å². The lowest BCUT2D eigenvalue weighted by Crippen LogP contribution is -2.53. The van der Waals surface area contributed by atoms with E-state index in [4.69, 9.17) is 4.74 Å². The molecule has 2 aliphatic rings. The Morgan fingerprint density at radius 1 is 1.40 bits per heavy atom.